The Morgan fingerprint density at radius 1 is 1.16 bits per heavy atom. The molecule has 1 aliphatic heterocycles. The average Bonchev–Trinajstić information content (AvgIpc) is 2.87. The summed E-state index contributed by atoms with van der Waals surface area (Å²) in [6, 6.07) is 17.3. The van der Waals surface area contributed by atoms with Crippen LogP contribution in [-0.4, -0.2) is 34.9 Å². The molecule has 4 aromatic rings. The molecule has 0 unspecified atom stereocenters. The van der Waals surface area contributed by atoms with E-state index in [0.29, 0.717) is 27.9 Å². The summed E-state index contributed by atoms with van der Waals surface area (Å²) in [5.41, 5.74) is 3.53. The molecule has 37 heavy (non-hydrogen) atoms. The molecule has 0 radical (unpaired) electrons. The zero-order chi connectivity index (χ0) is 25.6. The minimum Gasteiger partial charge on any atom is -0.487 e. The van der Waals surface area contributed by atoms with E-state index in [1.165, 1.54) is 18.5 Å². The SMILES string of the molecule is CC#C/C(=N\OC1CNC1)c1ccc2ncnc(Nc3ccc(OCc4cccc(F)c4)c(Cl)c3)c2c1. The molecule has 5 rings (SSSR count). The molecule has 1 aliphatic rings. The first kappa shape index (κ1) is 24.5. The number of hydrogen-bond donors (Lipinski definition) is 2. The van der Waals surface area contributed by atoms with Crippen LogP contribution in [0.5, 0.6) is 5.75 Å². The van der Waals surface area contributed by atoms with Crippen molar-refractivity contribution in [3.63, 3.8) is 0 Å². The fourth-order valence-electron chi connectivity index (χ4n) is 3.65. The molecule has 2 N–H and O–H groups in total. The predicted molar refractivity (Wildman–Crippen MR) is 143 cm³/mol. The molecule has 1 aromatic heterocycles. The molecule has 0 aliphatic carbocycles. The van der Waals surface area contributed by atoms with E-state index < -0.39 is 0 Å². The molecule has 0 spiro atoms. The third kappa shape index (κ3) is 5.97. The summed E-state index contributed by atoms with van der Waals surface area (Å²) in [7, 11) is 0. The summed E-state index contributed by atoms with van der Waals surface area (Å²) in [6.45, 7) is 3.50. The smallest absolute Gasteiger partial charge is 0.159 e. The summed E-state index contributed by atoms with van der Waals surface area (Å²) < 4.78 is 19.2. The molecule has 3 aromatic carbocycles. The second-order valence-corrected chi connectivity index (χ2v) is 8.75. The number of anilines is 2. The van der Waals surface area contributed by atoms with Gasteiger partial charge >= 0.3 is 0 Å². The van der Waals surface area contributed by atoms with E-state index in [1.54, 1.807) is 31.2 Å². The van der Waals surface area contributed by atoms with Gasteiger partial charge in [0.15, 0.2) is 11.8 Å². The van der Waals surface area contributed by atoms with Crippen LogP contribution in [-0.2, 0) is 11.4 Å². The third-order valence-electron chi connectivity index (χ3n) is 5.67. The Kier molecular flexibility index (Phi) is 7.45. The highest BCUT2D eigenvalue weighted by Gasteiger charge is 2.18. The zero-order valence-electron chi connectivity index (χ0n) is 20.0. The van der Waals surface area contributed by atoms with E-state index in [-0.39, 0.29) is 18.5 Å². The number of halogens is 2. The van der Waals surface area contributed by atoms with Crippen molar-refractivity contribution in [3.05, 3.63) is 89.0 Å². The number of ether oxygens (including phenoxy) is 1. The first-order valence-corrected chi connectivity index (χ1v) is 12.0. The fraction of sp³-hybridized carbons (Fsp3) is 0.179. The Labute approximate surface area is 218 Å². The number of oxime groups is 1. The van der Waals surface area contributed by atoms with Gasteiger partial charge in [0.25, 0.3) is 0 Å². The summed E-state index contributed by atoms with van der Waals surface area (Å²) >= 11 is 6.47. The van der Waals surface area contributed by atoms with Crippen molar-refractivity contribution < 1.29 is 14.0 Å². The van der Waals surface area contributed by atoms with Crippen LogP contribution in [0.15, 0.2) is 72.1 Å². The van der Waals surface area contributed by atoms with Crippen molar-refractivity contribution in [2.24, 2.45) is 5.16 Å². The number of hydrogen-bond acceptors (Lipinski definition) is 7. The van der Waals surface area contributed by atoms with E-state index >= 15 is 0 Å². The van der Waals surface area contributed by atoms with Gasteiger partial charge in [0.2, 0.25) is 0 Å². The Hall–Kier alpha value is -4.19. The number of fused-ring (bicyclic) bond motifs is 1. The quantitative estimate of drug-likeness (QED) is 0.184. The van der Waals surface area contributed by atoms with Gasteiger partial charge in [0, 0.05) is 29.7 Å². The molecule has 1 fully saturated rings. The van der Waals surface area contributed by atoms with Gasteiger partial charge in [-0.15, -0.1) is 0 Å². The topological polar surface area (TPSA) is 80.7 Å². The number of nitrogens with one attached hydrogen (secondary N) is 2. The summed E-state index contributed by atoms with van der Waals surface area (Å²) in [4.78, 5) is 14.4. The average molecular weight is 516 g/mol. The summed E-state index contributed by atoms with van der Waals surface area (Å²) in [6.07, 6.45) is 1.55. The van der Waals surface area contributed by atoms with E-state index in [2.05, 4.69) is 37.6 Å². The highest BCUT2D eigenvalue weighted by atomic mass is 35.5. The van der Waals surface area contributed by atoms with Gasteiger partial charge in [-0.3, -0.25) is 0 Å². The lowest BCUT2D eigenvalue weighted by atomic mass is 10.1. The third-order valence-corrected chi connectivity index (χ3v) is 5.96. The van der Waals surface area contributed by atoms with Crippen LogP contribution >= 0.6 is 11.6 Å². The first-order valence-electron chi connectivity index (χ1n) is 11.7. The monoisotopic (exact) mass is 515 g/mol. The van der Waals surface area contributed by atoms with E-state index in [0.717, 1.165) is 35.2 Å². The fourth-order valence-corrected chi connectivity index (χ4v) is 3.89. The van der Waals surface area contributed by atoms with Gasteiger partial charge < -0.3 is 20.2 Å². The summed E-state index contributed by atoms with van der Waals surface area (Å²) in [5, 5.41) is 11.9. The number of aromatic nitrogens is 2. The molecule has 1 saturated heterocycles. The second kappa shape index (κ2) is 11.2. The Morgan fingerprint density at radius 3 is 2.81 bits per heavy atom. The van der Waals surface area contributed by atoms with Crippen molar-refractivity contribution in [2.45, 2.75) is 19.6 Å². The van der Waals surface area contributed by atoms with Crippen molar-refractivity contribution in [3.8, 4) is 17.6 Å². The minimum atomic E-state index is -0.310. The van der Waals surface area contributed by atoms with Crippen LogP contribution in [0.1, 0.15) is 18.1 Å². The van der Waals surface area contributed by atoms with Crippen LogP contribution in [0.25, 0.3) is 10.9 Å². The molecule has 9 heteroatoms. The number of nitrogens with zero attached hydrogens (tertiary/aromatic N) is 3. The maximum atomic E-state index is 13.4. The molecule has 0 bridgehead atoms. The van der Waals surface area contributed by atoms with Gasteiger partial charge in [-0.1, -0.05) is 34.8 Å². The molecule has 0 saturated carbocycles. The molecule has 2 heterocycles. The zero-order valence-corrected chi connectivity index (χ0v) is 20.7. The molecule has 0 amide bonds. The standard InChI is InChI=1S/C28H23ClFN5O2/c1-2-4-25(35-37-22-14-31-15-22)19-7-9-26-23(12-19)28(33-17-32-26)34-21-8-10-27(24(29)13-21)36-16-18-5-3-6-20(30)11-18/h3,5-13,17,22,31H,14-16H2,1H3,(H,32,33,34)/b35-25+. The van der Waals surface area contributed by atoms with Crippen molar-refractivity contribution in [1.29, 1.82) is 0 Å². The minimum absolute atomic E-state index is 0.0558. The van der Waals surface area contributed by atoms with Gasteiger partial charge in [0.05, 0.1) is 10.5 Å². The molecular weight excluding hydrogens is 493 g/mol. The Balaban J connectivity index is 1.36. The van der Waals surface area contributed by atoms with Crippen LogP contribution in [0.3, 0.4) is 0 Å². The highest BCUT2D eigenvalue weighted by Crippen LogP contribution is 2.31. The second-order valence-electron chi connectivity index (χ2n) is 8.34. The maximum absolute atomic E-state index is 13.4. The molecule has 186 valence electrons. The highest BCUT2D eigenvalue weighted by molar-refractivity contribution is 6.32. The largest absolute Gasteiger partial charge is 0.487 e. The first-order chi connectivity index (χ1) is 18.1. The van der Waals surface area contributed by atoms with Gasteiger partial charge in [0.1, 0.15) is 30.3 Å². The van der Waals surface area contributed by atoms with Gasteiger partial charge in [-0.2, -0.15) is 0 Å². The van der Waals surface area contributed by atoms with Crippen LogP contribution in [0, 0.1) is 17.7 Å². The van der Waals surface area contributed by atoms with Crippen LogP contribution in [0.4, 0.5) is 15.9 Å². The van der Waals surface area contributed by atoms with E-state index in [9.17, 15) is 4.39 Å². The molecule has 0 atom stereocenters. The molecular formula is C28H23ClFN5O2. The predicted octanol–water partition coefficient (Wildman–Crippen LogP) is 5.46. The van der Waals surface area contributed by atoms with Crippen molar-refractivity contribution in [2.75, 3.05) is 18.4 Å². The summed E-state index contributed by atoms with van der Waals surface area (Å²) in [5.74, 6) is 6.70. The lowest BCUT2D eigenvalue weighted by Crippen LogP contribution is -2.47. The van der Waals surface area contributed by atoms with E-state index in [4.69, 9.17) is 21.2 Å². The van der Waals surface area contributed by atoms with Crippen LogP contribution in [0.2, 0.25) is 5.02 Å². The van der Waals surface area contributed by atoms with Gasteiger partial charge in [-0.25, -0.2) is 14.4 Å². The van der Waals surface area contributed by atoms with Crippen molar-refractivity contribution >= 4 is 39.7 Å². The van der Waals surface area contributed by atoms with Gasteiger partial charge in [-0.05, 0) is 66.9 Å². The Bertz CT molecular complexity index is 1530. The number of rotatable bonds is 8. The number of benzene rings is 3. The van der Waals surface area contributed by atoms with Crippen molar-refractivity contribution in [1.82, 2.24) is 15.3 Å². The Morgan fingerprint density at radius 2 is 2.05 bits per heavy atom. The molecule has 7 nitrogen and oxygen atoms in total. The maximum Gasteiger partial charge on any atom is 0.159 e. The van der Waals surface area contributed by atoms with Crippen LogP contribution < -0.4 is 15.4 Å². The lowest BCUT2D eigenvalue weighted by Gasteiger charge is -2.24. The lowest BCUT2D eigenvalue weighted by molar-refractivity contribution is 0.0235. The van der Waals surface area contributed by atoms with E-state index in [1.807, 2.05) is 24.3 Å². The normalized spacial score (nSPS) is 13.4.